The predicted octanol–water partition coefficient (Wildman–Crippen LogP) is 3.39. The third-order valence-corrected chi connectivity index (χ3v) is 5.45. The summed E-state index contributed by atoms with van der Waals surface area (Å²) in [5, 5.41) is 3.33. The van der Waals surface area contributed by atoms with Gasteiger partial charge in [-0.05, 0) is 37.1 Å². The summed E-state index contributed by atoms with van der Waals surface area (Å²) < 4.78 is 11.1. The minimum Gasteiger partial charge on any atom is -0.474 e. The van der Waals surface area contributed by atoms with Gasteiger partial charge in [0.15, 0.2) is 6.73 Å². The number of nitrogens with one attached hydrogen (secondary N) is 1. The highest BCUT2D eigenvalue weighted by molar-refractivity contribution is 6.31. The standard InChI is InChI=1S/C23H26ClN3O4/c1-23(2,22(29)26-18-11-17(24)10-9-16(18)12-25)27-14-31-19(13-30-3)20(21(27)28)15-7-5-4-6-8-15/h4-11H,12-14,25H2,1-3H3,(H,26,29). The third kappa shape index (κ3) is 4.74. The molecule has 2 amide bonds. The maximum absolute atomic E-state index is 13.5. The van der Waals surface area contributed by atoms with Crippen molar-refractivity contribution in [3.63, 3.8) is 0 Å². The van der Waals surface area contributed by atoms with Gasteiger partial charge in [-0.25, -0.2) is 0 Å². The first-order valence-corrected chi connectivity index (χ1v) is 10.2. The molecule has 0 fully saturated rings. The molecule has 3 N–H and O–H groups in total. The smallest absolute Gasteiger partial charge is 0.261 e. The summed E-state index contributed by atoms with van der Waals surface area (Å²) in [5.74, 6) is -0.259. The van der Waals surface area contributed by atoms with Crippen LogP contribution in [0.5, 0.6) is 0 Å². The average Bonchev–Trinajstić information content (AvgIpc) is 2.74. The van der Waals surface area contributed by atoms with E-state index in [1.807, 2.05) is 30.3 Å². The molecule has 1 aliphatic heterocycles. The van der Waals surface area contributed by atoms with E-state index < -0.39 is 5.54 Å². The van der Waals surface area contributed by atoms with Crippen LogP contribution >= 0.6 is 11.6 Å². The van der Waals surface area contributed by atoms with E-state index in [9.17, 15) is 9.59 Å². The number of hydrogen-bond donors (Lipinski definition) is 2. The topological polar surface area (TPSA) is 93.9 Å². The SMILES string of the molecule is COCC1=C(c2ccccc2)C(=O)N(C(C)(C)C(=O)Nc2cc(Cl)ccc2CN)CO1. The molecule has 0 radical (unpaired) electrons. The minimum atomic E-state index is -1.22. The summed E-state index contributed by atoms with van der Waals surface area (Å²) >= 11 is 6.08. The number of carbonyl (C=O) groups excluding carboxylic acids is 2. The van der Waals surface area contributed by atoms with Crippen LogP contribution in [-0.2, 0) is 25.6 Å². The lowest BCUT2D eigenvalue weighted by Gasteiger charge is -2.40. The molecule has 0 atom stereocenters. The molecule has 0 aromatic heterocycles. The maximum atomic E-state index is 13.5. The largest absolute Gasteiger partial charge is 0.474 e. The number of ether oxygens (including phenoxy) is 2. The highest BCUT2D eigenvalue weighted by atomic mass is 35.5. The summed E-state index contributed by atoms with van der Waals surface area (Å²) in [6.45, 7) is 3.65. The van der Waals surface area contributed by atoms with E-state index in [4.69, 9.17) is 26.8 Å². The van der Waals surface area contributed by atoms with Crippen molar-refractivity contribution >= 4 is 34.7 Å². The molecule has 0 saturated heterocycles. The van der Waals surface area contributed by atoms with Crippen LogP contribution in [0.1, 0.15) is 25.0 Å². The first-order valence-electron chi connectivity index (χ1n) is 9.81. The molecule has 1 heterocycles. The number of nitrogens with zero attached hydrogens (tertiary/aromatic N) is 1. The van der Waals surface area contributed by atoms with Gasteiger partial charge in [0.1, 0.15) is 17.9 Å². The van der Waals surface area contributed by atoms with Gasteiger partial charge in [-0.3, -0.25) is 14.5 Å². The normalized spacial score (nSPS) is 14.5. The van der Waals surface area contributed by atoms with Crippen LogP contribution in [0, 0.1) is 0 Å². The molecule has 2 aromatic rings. The van der Waals surface area contributed by atoms with Crippen LogP contribution in [-0.4, -0.2) is 42.7 Å². The Morgan fingerprint density at radius 3 is 2.61 bits per heavy atom. The van der Waals surface area contributed by atoms with Crippen LogP contribution in [0.15, 0.2) is 54.3 Å². The summed E-state index contributed by atoms with van der Waals surface area (Å²) in [6.07, 6.45) is 0. The molecule has 0 unspecified atom stereocenters. The second-order valence-electron chi connectivity index (χ2n) is 7.62. The number of benzene rings is 2. The molecule has 0 spiro atoms. The van der Waals surface area contributed by atoms with Gasteiger partial charge >= 0.3 is 0 Å². The van der Waals surface area contributed by atoms with Crippen LogP contribution in [0.25, 0.3) is 5.57 Å². The summed E-state index contributed by atoms with van der Waals surface area (Å²) in [6, 6.07) is 14.3. The molecular formula is C23H26ClN3O4. The van der Waals surface area contributed by atoms with E-state index in [1.54, 1.807) is 32.0 Å². The number of hydrogen-bond acceptors (Lipinski definition) is 5. The predicted molar refractivity (Wildman–Crippen MR) is 120 cm³/mol. The van der Waals surface area contributed by atoms with Crippen molar-refractivity contribution < 1.29 is 19.1 Å². The first kappa shape index (κ1) is 22.8. The highest BCUT2D eigenvalue weighted by Crippen LogP contribution is 2.32. The maximum Gasteiger partial charge on any atom is 0.261 e. The molecule has 31 heavy (non-hydrogen) atoms. The Morgan fingerprint density at radius 2 is 1.97 bits per heavy atom. The second kappa shape index (κ2) is 9.51. The van der Waals surface area contributed by atoms with Gasteiger partial charge in [0, 0.05) is 24.4 Å². The Morgan fingerprint density at radius 1 is 1.26 bits per heavy atom. The molecule has 164 valence electrons. The van der Waals surface area contributed by atoms with Gasteiger partial charge in [0.05, 0.1) is 5.57 Å². The fourth-order valence-electron chi connectivity index (χ4n) is 3.32. The quantitative estimate of drug-likeness (QED) is 0.684. The Balaban J connectivity index is 1.92. The Hall–Kier alpha value is -2.87. The number of amides is 2. The zero-order chi connectivity index (χ0) is 22.6. The zero-order valence-electron chi connectivity index (χ0n) is 17.8. The number of halogens is 1. The van der Waals surface area contributed by atoms with E-state index in [2.05, 4.69) is 5.32 Å². The van der Waals surface area contributed by atoms with E-state index in [-0.39, 0.29) is 31.7 Å². The van der Waals surface area contributed by atoms with E-state index >= 15 is 0 Å². The van der Waals surface area contributed by atoms with Crippen molar-refractivity contribution in [1.29, 1.82) is 0 Å². The molecular weight excluding hydrogens is 418 g/mol. The van der Waals surface area contributed by atoms with Gasteiger partial charge in [-0.2, -0.15) is 0 Å². The molecule has 0 saturated carbocycles. The van der Waals surface area contributed by atoms with E-state index in [0.29, 0.717) is 27.6 Å². The van der Waals surface area contributed by atoms with Gasteiger partial charge in [-0.15, -0.1) is 0 Å². The highest BCUT2D eigenvalue weighted by Gasteiger charge is 2.43. The fraction of sp³-hybridized carbons (Fsp3) is 0.304. The van der Waals surface area contributed by atoms with Crippen molar-refractivity contribution in [2.45, 2.75) is 25.9 Å². The van der Waals surface area contributed by atoms with E-state index in [0.717, 1.165) is 5.56 Å². The molecule has 0 bridgehead atoms. The summed E-state index contributed by atoms with van der Waals surface area (Å²) in [7, 11) is 1.53. The lowest BCUT2D eigenvalue weighted by Crippen LogP contribution is -2.57. The van der Waals surface area contributed by atoms with E-state index in [1.165, 1.54) is 12.0 Å². The van der Waals surface area contributed by atoms with Crippen LogP contribution in [0.3, 0.4) is 0 Å². The van der Waals surface area contributed by atoms with Gasteiger partial charge in [-0.1, -0.05) is 48.0 Å². The average molecular weight is 444 g/mol. The molecule has 2 aromatic carbocycles. The number of anilines is 1. The summed E-state index contributed by atoms with van der Waals surface area (Å²) in [5.41, 5.74) is 6.88. The van der Waals surface area contributed by atoms with Crippen molar-refractivity contribution in [1.82, 2.24) is 4.90 Å². The van der Waals surface area contributed by atoms with Gasteiger partial charge in [0.2, 0.25) is 5.91 Å². The lowest BCUT2D eigenvalue weighted by molar-refractivity contribution is -0.147. The third-order valence-electron chi connectivity index (χ3n) is 5.21. The van der Waals surface area contributed by atoms with Crippen molar-refractivity contribution in [2.24, 2.45) is 5.73 Å². The number of carbonyl (C=O) groups is 2. The zero-order valence-corrected chi connectivity index (χ0v) is 18.5. The van der Waals surface area contributed by atoms with Crippen molar-refractivity contribution in [3.8, 4) is 0 Å². The minimum absolute atomic E-state index is 0.0758. The number of rotatable bonds is 7. The molecule has 7 nitrogen and oxygen atoms in total. The van der Waals surface area contributed by atoms with Crippen LogP contribution in [0.2, 0.25) is 5.02 Å². The number of methoxy groups -OCH3 is 1. The monoisotopic (exact) mass is 443 g/mol. The molecule has 0 aliphatic carbocycles. The Kier molecular flexibility index (Phi) is 7.00. The van der Waals surface area contributed by atoms with Crippen LogP contribution < -0.4 is 11.1 Å². The fourth-order valence-corrected chi connectivity index (χ4v) is 3.49. The molecule has 1 aliphatic rings. The van der Waals surface area contributed by atoms with Crippen LogP contribution in [0.4, 0.5) is 5.69 Å². The Labute approximate surface area is 186 Å². The Bertz CT molecular complexity index is 1010. The summed E-state index contributed by atoms with van der Waals surface area (Å²) in [4.78, 5) is 28.1. The van der Waals surface area contributed by atoms with Crippen molar-refractivity contribution in [2.75, 3.05) is 25.8 Å². The van der Waals surface area contributed by atoms with Crippen molar-refractivity contribution in [3.05, 3.63) is 70.4 Å². The first-order chi connectivity index (χ1) is 14.8. The molecule has 8 heteroatoms. The van der Waals surface area contributed by atoms with Gasteiger partial charge < -0.3 is 20.5 Å². The second-order valence-corrected chi connectivity index (χ2v) is 8.06. The number of nitrogens with two attached hydrogens (primary N) is 1. The lowest BCUT2D eigenvalue weighted by atomic mass is 9.96. The molecule has 3 rings (SSSR count). The van der Waals surface area contributed by atoms with Gasteiger partial charge in [0.25, 0.3) is 5.91 Å².